The van der Waals surface area contributed by atoms with Crippen molar-refractivity contribution in [1.82, 2.24) is 19.8 Å². The Hall–Kier alpha value is -2.48. The van der Waals surface area contributed by atoms with Crippen molar-refractivity contribution in [2.45, 2.75) is 31.9 Å². The van der Waals surface area contributed by atoms with Gasteiger partial charge in [0.15, 0.2) is 0 Å². The average Bonchev–Trinajstić information content (AvgIpc) is 3.05. The molecule has 1 saturated heterocycles. The number of amides is 2. The van der Waals surface area contributed by atoms with Gasteiger partial charge in [-0.05, 0) is 20.2 Å². The number of pyridine rings is 1. The van der Waals surface area contributed by atoms with Crippen LogP contribution >= 0.6 is 0 Å². The van der Waals surface area contributed by atoms with Gasteiger partial charge >= 0.3 is 0 Å². The molecule has 0 N–H and O–H groups in total. The van der Waals surface area contributed by atoms with Gasteiger partial charge in [0.1, 0.15) is 17.6 Å². The third-order valence-electron chi connectivity index (χ3n) is 4.46. The molecule has 0 aromatic carbocycles. The van der Waals surface area contributed by atoms with Crippen molar-refractivity contribution in [3.63, 3.8) is 0 Å². The fourth-order valence-corrected chi connectivity index (χ4v) is 3.15. The number of rotatable bonds is 5. The first-order valence-corrected chi connectivity index (χ1v) is 8.82. The van der Waals surface area contributed by atoms with E-state index in [2.05, 4.69) is 15.0 Å². The normalized spacial score (nSPS) is 20.5. The first kappa shape index (κ1) is 18.3. The fourth-order valence-electron chi connectivity index (χ4n) is 3.15. The zero-order valence-electron chi connectivity index (χ0n) is 15.5. The maximum absolute atomic E-state index is 12.6. The first-order chi connectivity index (χ1) is 12.4. The second-order valence-electron chi connectivity index (χ2n) is 6.96. The summed E-state index contributed by atoms with van der Waals surface area (Å²) < 4.78 is 6.05. The van der Waals surface area contributed by atoms with E-state index in [4.69, 9.17) is 4.74 Å². The minimum Gasteiger partial charge on any atom is -0.488 e. The first-order valence-electron chi connectivity index (χ1n) is 8.82. The molecule has 1 aromatic heterocycles. The number of aromatic nitrogens is 1. The average molecular weight is 359 g/mol. The van der Waals surface area contributed by atoms with Crippen LogP contribution in [0.1, 0.15) is 25.0 Å². The summed E-state index contributed by atoms with van der Waals surface area (Å²) in [4.78, 5) is 32.3. The Morgan fingerprint density at radius 3 is 2.92 bits per heavy atom. The Bertz CT molecular complexity index is 719. The van der Waals surface area contributed by atoms with Gasteiger partial charge in [-0.2, -0.15) is 5.10 Å². The molecular weight excluding hydrogens is 334 g/mol. The van der Waals surface area contributed by atoms with E-state index in [0.717, 1.165) is 24.4 Å². The Morgan fingerprint density at radius 2 is 2.19 bits per heavy atom. The highest BCUT2D eigenvalue weighted by Gasteiger charge is 2.32. The van der Waals surface area contributed by atoms with Gasteiger partial charge in [-0.25, -0.2) is 5.01 Å². The van der Waals surface area contributed by atoms with Crippen molar-refractivity contribution < 1.29 is 14.3 Å². The lowest BCUT2D eigenvalue weighted by molar-refractivity contribution is -0.130. The van der Waals surface area contributed by atoms with Gasteiger partial charge in [0.05, 0.1) is 12.2 Å². The molecule has 26 heavy (non-hydrogen) atoms. The van der Waals surface area contributed by atoms with Crippen LogP contribution in [0, 0.1) is 0 Å². The van der Waals surface area contributed by atoms with Crippen molar-refractivity contribution in [2.75, 3.05) is 34.2 Å². The van der Waals surface area contributed by atoms with Crippen molar-refractivity contribution in [3.8, 4) is 5.75 Å². The quantitative estimate of drug-likeness (QED) is 0.775. The predicted molar refractivity (Wildman–Crippen MR) is 96.7 cm³/mol. The number of hydrogen-bond donors (Lipinski definition) is 0. The highest BCUT2D eigenvalue weighted by atomic mass is 16.5. The molecule has 0 bridgehead atoms. The Labute approximate surface area is 153 Å². The van der Waals surface area contributed by atoms with Crippen LogP contribution in [0.15, 0.2) is 23.4 Å². The maximum Gasteiger partial charge on any atom is 0.270 e. The minimum absolute atomic E-state index is 0.0443. The second-order valence-corrected chi connectivity index (χ2v) is 6.96. The molecule has 1 unspecified atom stereocenters. The molecule has 3 rings (SSSR count). The third kappa shape index (κ3) is 4.37. The predicted octanol–water partition coefficient (Wildman–Crippen LogP) is 0.731. The molecule has 2 amide bonds. The van der Waals surface area contributed by atoms with Crippen LogP contribution in [-0.2, 0) is 16.1 Å². The lowest BCUT2D eigenvalue weighted by atomic mass is 10.1. The molecule has 2 aliphatic rings. The Balaban J connectivity index is 1.58. The largest absolute Gasteiger partial charge is 0.488 e. The molecular formula is C18H25N5O3. The lowest BCUT2D eigenvalue weighted by Crippen LogP contribution is -2.40. The zero-order chi connectivity index (χ0) is 18.7. The summed E-state index contributed by atoms with van der Waals surface area (Å²) in [6.45, 7) is 1.91. The van der Waals surface area contributed by atoms with Gasteiger partial charge in [-0.3, -0.25) is 14.6 Å². The van der Waals surface area contributed by atoms with E-state index in [1.54, 1.807) is 18.1 Å². The van der Waals surface area contributed by atoms with E-state index in [9.17, 15) is 9.59 Å². The Morgan fingerprint density at radius 1 is 1.38 bits per heavy atom. The highest BCUT2D eigenvalue weighted by Crippen LogP contribution is 2.20. The number of ether oxygens (including phenoxy) is 1. The molecule has 3 heterocycles. The van der Waals surface area contributed by atoms with Crippen LogP contribution in [0.2, 0.25) is 0 Å². The SMILES string of the molecule is CN(C)Cc1cc(OC2CCN(C(=O)C3=NN(C)C(=O)CC3)C2)ccn1. The van der Waals surface area contributed by atoms with Gasteiger partial charge in [0.25, 0.3) is 5.91 Å². The molecule has 1 atom stereocenters. The third-order valence-corrected chi connectivity index (χ3v) is 4.46. The molecule has 0 saturated carbocycles. The van der Waals surface area contributed by atoms with E-state index in [1.807, 2.05) is 26.2 Å². The summed E-state index contributed by atoms with van der Waals surface area (Å²) in [5.41, 5.74) is 1.40. The van der Waals surface area contributed by atoms with Crippen molar-refractivity contribution in [1.29, 1.82) is 0 Å². The van der Waals surface area contributed by atoms with Crippen molar-refractivity contribution in [3.05, 3.63) is 24.0 Å². The van der Waals surface area contributed by atoms with E-state index in [-0.39, 0.29) is 17.9 Å². The molecule has 0 radical (unpaired) electrons. The molecule has 8 nitrogen and oxygen atoms in total. The number of hydrogen-bond acceptors (Lipinski definition) is 6. The highest BCUT2D eigenvalue weighted by molar-refractivity contribution is 6.39. The van der Waals surface area contributed by atoms with Crippen LogP contribution in [0.3, 0.4) is 0 Å². The summed E-state index contributed by atoms with van der Waals surface area (Å²) >= 11 is 0. The summed E-state index contributed by atoms with van der Waals surface area (Å²) in [7, 11) is 5.57. The maximum atomic E-state index is 12.6. The van der Waals surface area contributed by atoms with Crippen LogP contribution in [0.5, 0.6) is 5.75 Å². The summed E-state index contributed by atoms with van der Waals surface area (Å²) in [6.07, 6.45) is 3.22. The van der Waals surface area contributed by atoms with E-state index in [0.29, 0.717) is 31.6 Å². The molecule has 140 valence electrons. The molecule has 2 aliphatic heterocycles. The summed E-state index contributed by atoms with van der Waals surface area (Å²) in [5, 5.41) is 5.37. The van der Waals surface area contributed by atoms with E-state index >= 15 is 0 Å². The Kier molecular flexibility index (Phi) is 5.51. The standard InChI is InChI=1S/C18H25N5O3/c1-21(2)11-13-10-14(6-8-19-13)26-15-7-9-23(12-15)18(25)16-4-5-17(24)22(3)20-16/h6,8,10,15H,4-5,7,9,11-12H2,1-3H3. The monoisotopic (exact) mass is 359 g/mol. The summed E-state index contributed by atoms with van der Waals surface area (Å²) in [6, 6.07) is 3.78. The van der Waals surface area contributed by atoms with Gasteiger partial charge < -0.3 is 14.5 Å². The van der Waals surface area contributed by atoms with Gasteiger partial charge in [-0.1, -0.05) is 0 Å². The van der Waals surface area contributed by atoms with Gasteiger partial charge in [0, 0.05) is 51.7 Å². The van der Waals surface area contributed by atoms with Crippen LogP contribution in [0.25, 0.3) is 0 Å². The number of likely N-dealkylation sites (tertiary alicyclic amines) is 1. The fraction of sp³-hybridized carbons (Fsp3) is 0.556. The van der Waals surface area contributed by atoms with Crippen LogP contribution < -0.4 is 4.74 Å². The second kappa shape index (κ2) is 7.82. The molecule has 8 heteroatoms. The van der Waals surface area contributed by atoms with E-state index < -0.39 is 0 Å². The zero-order valence-corrected chi connectivity index (χ0v) is 15.5. The molecule has 1 aromatic rings. The van der Waals surface area contributed by atoms with Gasteiger partial charge in [-0.15, -0.1) is 0 Å². The topological polar surface area (TPSA) is 78.3 Å². The smallest absolute Gasteiger partial charge is 0.270 e. The number of hydrazone groups is 1. The van der Waals surface area contributed by atoms with E-state index in [1.165, 1.54) is 5.01 Å². The molecule has 0 aliphatic carbocycles. The molecule has 1 fully saturated rings. The van der Waals surface area contributed by atoms with Crippen LogP contribution in [0.4, 0.5) is 0 Å². The van der Waals surface area contributed by atoms with Gasteiger partial charge in [0.2, 0.25) is 5.91 Å². The molecule has 0 spiro atoms. The minimum atomic E-state index is -0.0986. The number of nitrogens with zero attached hydrogens (tertiary/aromatic N) is 5. The number of carbonyl (C=O) groups excluding carboxylic acids is 2. The van der Waals surface area contributed by atoms with Crippen molar-refractivity contribution >= 4 is 17.5 Å². The summed E-state index contributed by atoms with van der Waals surface area (Å²) in [5.74, 6) is 0.616. The lowest BCUT2D eigenvalue weighted by Gasteiger charge is -2.22. The number of carbonyl (C=O) groups is 2. The van der Waals surface area contributed by atoms with Crippen LogP contribution in [-0.4, -0.2) is 77.7 Å². The van der Waals surface area contributed by atoms with Crippen molar-refractivity contribution in [2.24, 2.45) is 5.10 Å².